The third-order valence-corrected chi connectivity index (χ3v) is 3.47. The molecule has 0 spiro atoms. The number of nitrogens with two attached hydrogens (primary N) is 1. The topological polar surface area (TPSA) is 63.8 Å². The largest absolute Gasteiger partial charge is 0.328 e. The van der Waals surface area contributed by atoms with Gasteiger partial charge >= 0.3 is 5.69 Å². The maximum Gasteiger partial charge on any atom is 0.326 e. The fourth-order valence-electron chi connectivity index (χ4n) is 2.52. The SMILES string of the molecule is Cc1[nH]c(=O)n(C2CCCC(N)C2)c1C. The fourth-order valence-corrected chi connectivity index (χ4v) is 2.52. The molecule has 2 rings (SSSR count). The van der Waals surface area contributed by atoms with Crippen LogP contribution in [0.25, 0.3) is 0 Å². The molecule has 2 atom stereocenters. The van der Waals surface area contributed by atoms with Crippen molar-refractivity contribution in [1.82, 2.24) is 9.55 Å². The predicted molar refractivity (Wildman–Crippen MR) is 60.0 cm³/mol. The normalized spacial score (nSPS) is 26.9. The number of nitrogens with zero attached hydrogens (tertiary/aromatic N) is 1. The van der Waals surface area contributed by atoms with Crippen molar-refractivity contribution in [2.75, 3.05) is 0 Å². The molecule has 2 unspecified atom stereocenters. The summed E-state index contributed by atoms with van der Waals surface area (Å²) in [6.07, 6.45) is 4.22. The molecule has 84 valence electrons. The number of nitrogens with one attached hydrogen (secondary N) is 1. The quantitative estimate of drug-likeness (QED) is 0.730. The molecule has 0 bridgehead atoms. The molecule has 1 aliphatic rings. The Kier molecular flexibility index (Phi) is 2.69. The first-order valence-corrected chi connectivity index (χ1v) is 5.63. The van der Waals surface area contributed by atoms with E-state index in [0.717, 1.165) is 37.1 Å². The number of aromatic nitrogens is 2. The van der Waals surface area contributed by atoms with Crippen molar-refractivity contribution in [2.24, 2.45) is 5.73 Å². The van der Waals surface area contributed by atoms with Crippen LogP contribution < -0.4 is 11.4 Å². The van der Waals surface area contributed by atoms with Gasteiger partial charge in [-0.25, -0.2) is 4.79 Å². The average molecular weight is 209 g/mol. The molecule has 1 aliphatic carbocycles. The van der Waals surface area contributed by atoms with Gasteiger partial charge in [0.2, 0.25) is 0 Å². The van der Waals surface area contributed by atoms with Crippen molar-refractivity contribution in [3.63, 3.8) is 0 Å². The van der Waals surface area contributed by atoms with Crippen LogP contribution in [0, 0.1) is 13.8 Å². The average Bonchev–Trinajstić information content (AvgIpc) is 2.41. The Morgan fingerprint density at radius 2 is 2.13 bits per heavy atom. The van der Waals surface area contributed by atoms with E-state index in [0.29, 0.717) is 6.04 Å². The first-order chi connectivity index (χ1) is 7.09. The molecule has 3 N–H and O–H groups in total. The van der Waals surface area contributed by atoms with Crippen LogP contribution in [0.5, 0.6) is 0 Å². The Balaban J connectivity index is 2.32. The smallest absolute Gasteiger partial charge is 0.326 e. The molecule has 15 heavy (non-hydrogen) atoms. The van der Waals surface area contributed by atoms with Crippen LogP contribution in [0.2, 0.25) is 0 Å². The molecular formula is C11H19N3O. The van der Waals surface area contributed by atoms with E-state index < -0.39 is 0 Å². The second-order valence-electron chi connectivity index (χ2n) is 4.59. The molecule has 1 aromatic heterocycles. The minimum absolute atomic E-state index is 0.0177. The van der Waals surface area contributed by atoms with E-state index in [1.807, 2.05) is 18.4 Å². The summed E-state index contributed by atoms with van der Waals surface area (Å²) < 4.78 is 1.88. The van der Waals surface area contributed by atoms with E-state index in [-0.39, 0.29) is 11.7 Å². The van der Waals surface area contributed by atoms with Crippen LogP contribution in [0.15, 0.2) is 4.79 Å². The zero-order valence-corrected chi connectivity index (χ0v) is 9.42. The van der Waals surface area contributed by atoms with Gasteiger partial charge in [-0.05, 0) is 39.5 Å². The van der Waals surface area contributed by atoms with Crippen LogP contribution in [0.1, 0.15) is 43.1 Å². The van der Waals surface area contributed by atoms with Crippen LogP contribution in [-0.4, -0.2) is 15.6 Å². The molecule has 0 saturated heterocycles. The molecule has 0 amide bonds. The summed E-state index contributed by atoms with van der Waals surface area (Å²) in [5, 5.41) is 0. The van der Waals surface area contributed by atoms with Gasteiger partial charge in [0.05, 0.1) is 0 Å². The lowest BCUT2D eigenvalue weighted by Gasteiger charge is -2.27. The number of rotatable bonds is 1. The molecule has 1 aromatic rings. The molecular weight excluding hydrogens is 190 g/mol. The lowest BCUT2D eigenvalue weighted by Crippen LogP contribution is -2.33. The zero-order valence-electron chi connectivity index (χ0n) is 9.42. The Morgan fingerprint density at radius 1 is 1.40 bits per heavy atom. The highest BCUT2D eigenvalue weighted by molar-refractivity contribution is 5.10. The lowest BCUT2D eigenvalue weighted by molar-refractivity contribution is 0.311. The van der Waals surface area contributed by atoms with Gasteiger partial charge in [0.25, 0.3) is 0 Å². The highest BCUT2D eigenvalue weighted by Gasteiger charge is 2.23. The number of aryl methyl sites for hydroxylation is 1. The van der Waals surface area contributed by atoms with Gasteiger partial charge < -0.3 is 10.7 Å². The van der Waals surface area contributed by atoms with Gasteiger partial charge in [0.1, 0.15) is 0 Å². The van der Waals surface area contributed by atoms with Crippen molar-refractivity contribution in [3.8, 4) is 0 Å². The number of H-pyrrole nitrogens is 1. The summed E-state index contributed by atoms with van der Waals surface area (Å²) in [5.74, 6) is 0. The van der Waals surface area contributed by atoms with E-state index in [1.54, 1.807) is 0 Å². The summed E-state index contributed by atoms with van der Waals surface area (Å²) in [4.78, 5) is 14.6. The van der Waals surface area contributed by atoms with Crippen LogP contribution in [-0.2, 0) is 0 Å². The van der Waals surface area contributed by atoms with E-state index >= 15 is 0 Å². The van der Waals surface area contributed by atoms with Crippen LogP contribution in [0.3, 0.4) is 0 Å². The Bertz CT molecular complexity index is 404. The standard InChI is InChI=1S/C11H19N3O/c1-7-8(2)14(11(15)13-7)10-5-3-4-9(12)6-10/h9-10H,3-6,12H2,1-2H3,(H,13,15). The van der Waals surface area contributed by atoms with E-state index in [2.05, 4.69) is 4.98 Å². The monoisotopic (exact) mass is 209 g/mol. The van der Waals surface area contributed by atoms with Crippen LogP contribution >= 0.6 is 0 Å². The molecule has 0 aliphatic heterocycles. The number of hydrogen-bond donors (Lipinski definition) is 2. The van der Waals surface area contributed by atoms with Crippen molar-refractivity contribution in [1.29, 1.82) is 0 Å². The molecule has 4 heteroatoms. The lowest BCUT2D eigenvalue weighted by atomic mass is 9.91. The van der Waals surface area contributed by atoms with Gasteiger partial charge in [-0.3, -0.25) is 4.57 Å². The van der Waals surface area contributed by atoms with Gasteiger partial charge in [-0.2, -0.15) is 0 Å². The highest BCUT2D eigenvalue weighted by atomic mass is 16.1. The minimum atomic E-state index is 0.0177. The number of imidazole rings is 1. The molecule has 0 radical (unpaired) electrons. The third kappa shape index (κ3) is 1.86. The van der Waals surface area contributed by atoms with Gasteiger partial charge in [0.15, 0.2) is 0 Å². The van der Waals surface area contributed by atoms with Crippen molar-refractivity contribution in [3.05, 3.63) is 21.9 Å². The Morgan fingerprint density at radius 3 is 2.67 bits per heavy atom. The molecule has 0 aromatic carbocycles. The Labute approximate surface area is 89.5 Å². The second kappa shape index (κ2) is 3.85. The molecule has 1 heterocycles. The first-order valence-electron chi connectivity index (χ1n) is 5.63. The summed E-state index contributed by atoms with van der Waals surface area (Å²) in [7, 11) is 0. The molecule has 1 fully saturated rings. The fraction of sp³-hybridized carbons (Fsp3) is 0.727. The Hall–Kier alpha value is -1.03. The van der Waals surface area contributed by atoms with Crippen molar-refractivity contribution < 1.29 is 0 Å². The summed E-state index contributed by atoms with van der Waals surface area (Å²) in [5.41, 5.74) is 7.99. The van der Waals surface area contributed by atoms with Crippen LogP contribution in [0.4, 0.5) is 0 Å². The predicted octanol–water partition coefficient (Wildman–Crippen LogP) is 1.24. The second-order valence-corrected chi connectivity index (χ2v) is 4.59. The van der Waals surface area contributed by atoms with Gasteiger partial charge in [0, 0.05) is 23.5 Å². The van der Waals surface area contributed by atoms with E-state index in [4.69, 9.17) is 5.73 Å². The van der Waals surface area contributed by atoms with Gasteiger partial charge in [-0.15, -0.1) is 0 Å². The maximum atomic E-state index is 11.7. The number of aromatic amines is 1. The molecule has 1 saturated carbocycles. The summed E-state index contributed by atoms with van der Waals surface area (Å²) in [6.45, 7) is 3.93. The van der Waals surface area contributed by atoms with E-state index in [1.165, 1.54) is 0 Å². The minimum Gasteiger partial charge on any atom is -0.328 e. The third-order valence-electron chi connectivity index (χ3n) is 3.47. The number of hydrogen-bond acceptors (Lipinski definition) is 2. The molecule has 4 nitrogen and oxygen atoms in total. The maximum absolute atomic E-state index is 11.7. The zero-order chi connectivity index (χ0) is 11.0. The van der Waals surface area contributed by atoms with E-state index in [9.17, 15) is 4.79 Å². The summed E-state index contributed by atoms with van der Waals surface area (Å²) >= 11 is 0. The first kappa shape index (κ1) is 10.5. The van der Waals surface area contributed by atoms with Crippen molar-refractivity contribution >= 4 is 0 Å². The van der Waals surface area contributed by atoms with Gasteiger partial charge in [-0.1, -0.05) is 0 Å². The highest BCUT2D eigenvalue weighted by Crippen LogP contribution is 2.27. The van der Waals surface area contributed by atoms with Crippen molar-refractivity contribution in [2.45, 2.75) is 51.6 Å². The summed E-state index contributed by atoms with van der Waals surface area (Å²) in [6, 6.07) is 0.552.